The molecule has 0 fully saturated rings. The van der Waals surface area contributed by atoms with Crippen LogP contribution in [0.4, 0.5) is 5.69 Å². The second kappa shape index (κ2) is 7.16. The van der Waals surface area contributed by atoms with Crippen molar-refractivity contribution in [3.05, 3.63) is 30.6 Å². The van der Waals surface area contributed by atoms with Crippen LogP contribution in [0.2, 0.25) is 0 Å². The molecule has 0 saturated heterocycles. The van der Waals surface area contributed by atoms with Crippen molar-refractivity contribution in [1.29, 1.82) is 0 Å². The fourth-order valence-electron chi connectivity index (χ4n) is 1.59. The van der Waals surface area contributed by atoms with Crippen LogP contribution in [-0.4, -0.2) is 45.3 Å². The number of aromatic nitrogens is 4. The lowest BCUT2D eigenvalue weighted by atomic mass is 10.3. The average molecular weight is 305 g/mol. The number of carbonyl (C=O) groups excluding carboxylic acids is 2. The summed E-state index contributed by atoms with van der Waals surface area (Å²) in [6.07, 6.45) is 0.342. The molecule has 0 aliphatic carbocycles. The molecule has 0 saturated carbocycles. The molecule has 0 radical (unpaired) electrons. The molecule has 2 aromatic rings. The van der Waals surface area contributed by atoms with E-state index in [1.807, 2.05) is 0 Å². The molecule has 1 heterocycles. The zero-order valence-corrected chi connectivity index (χ0v) is 12.1. The summed E-state index contributed by atoms with van der Waals surface area (Å²) in [6, 6.07) is 6.80. The highest BCUT2D eigenvalue weighted by Crippen LogP contribution is 2.15. The SMILES string of the molecule is COc1ccc(NC(=O)[C@@H](C)OC(=O)Cn2cnnn2)cc1. The van der Waals surface area contributed by atoms with Crippen LogP contribution in [0.25, 0.3) is 0 Å². The Hall–Kier alpha value is -2.97. The number of amides is 1. The Kier molecular flexibility index (Phi) is 5.02. The number of esters is 1. The van der Waals surface area contributed by atoms with Gasteiger partial charge in [0.2, 0.25) is 0 Å². The molecular formula is C13H15N5O4. The molecule has 0 unspecified atom stereocenters. The van der Waals surface area contributed by atoms with Crippen molar-refractivity contribution >= 4 is 17.6 Å². The number of hydrogen-bond donors (Lipinski definition) is 1. The summed E-state index contributed by atoms with van der Waals surface area (Å²) < 4.78 is 11.2. The van der Waals surface area contributed by atoms with Crippen molar-refractivity contribution < 1.29 is 19.1 Å². The Bertz CT molecular complexity index is 626. The third-order valence-corrected chi connectivity index (χ3v) is 2.72. The third-order valence-electron chi connectivity index (χ3n) is 2.72. The van der Waals surface area contributed by atoms with Crippen molar-refractivity contribution in [3.63, 3.8) is 0 Å². The maximum absolute atomic E-state index is 11.9. The molecule has 1 amide bonds. The molecule has 116 valence electrons. The summed E-state index contributed by atoms with van der Waals surface area (Å²) >= 11 is 0. The monoisotopic (exact) mass is 305 g/mol. The van der Waals surface area contributed by atoms with Crippen LogP contribution in [-0.2, 0) is 20.9 Å². The molecule has 1 aromatic heterocycles. The lowest BCUT2D eigenvalue weighted by molar-refractivity contribution is -0.153. The molecule has 1 aromatic carbocycles. The van der Waals surface area contributed by atoms with Crippen LogP contribution >= 0.6 is 0 Å². The van der Waals surface area contributed by atoms with Crippen LogP contribution in [0, 0.1) is 0 Å². The van der Waals surface area contributed by atoms with Crippen molar-refractivity contribution in [1.82, 2.24) is 20.2 Å². The van der Waals surface area contributed by atoms with Gasteiger partial charge in [-0.25, -0.2) is 4.68 Å². The maximum Gasteiger partial charge on any atom is 0.328 e. The second-order valence-corrected chi connectivity index (χ2v) is 4.36. The summed E-state index contributed by atoms with van der Waals surface area (Å²) in [5.74, 6) is -0.362. The Morgan fingerprint density at radius 3 is 2.64 bits per heavy atom. The molecule has 1 N–H and O–H groups in total. The van der Waals surface area contributed by atoms with Gasteiger partial charge in [-0.2, -0.15) is 0 Å². The predicted octanol–water partition coefficient (Wildman–Crippen LogP) is 0.252. The van der Waals surface area contributed by atoms with Gasteiger partial charge in [0, 0.05) is 5.69 Å². The highest BCUT2D eigenvalue weighted by molar-refractivity contribution is 5.95. The first kappa shape index (κ1) is 15.4. The minimum Gasteiger partial charge on any atom is -0.497 e. The van der Waals surface area contributed by atoms with Gasteiger partial charge in [-0.3, -0.25) is 9.59 Å². The van der Waals surface area contributed by atoms with Crippen LogP contribution in [0.15, 0.2) is 30.6 Å². The number of carbonyl (C=O) groups is 2. The fourth-order valence-corrected chi connectivity index (χ4v) is 1.59. The van der Waals surface area contributed by atoms with E-state index < -0.39 is 18.0 Å². The first-order chi connectivity index (χ1) is 10.6. The number of benzene rings is 1. The molecule has 9 nitrogen and oxygen atoms in total. The van der Waals surface area contributed by atoms with Crippen LogP contribution in [0.1, 0.15) is 6.92 Å². The van der Waals surface area contributed by atoms with Gasteiger partial charge in [-0.1, -0.05) is 0 Å². The van der Waals surface area contributed by atoms with E-state index in [4.69, 9.17) is 9.47 Å². The molecule has 9 heteroatoms. The highest BCUT2D eigenvalue weighted by atomic mass is 16.5. The number of nitrogens with one attached hydrogen (secondary N) is 1. The van der Waals surface area contributed by atoms with E-state index in [1.165, 1.54) is 17.9 Å². The highest BCUT2D eigenvalue weighted by Gasteiger charge is 2.18. The van der Waals surface area contributed by atoms with E-state index in [9.17, 15) is 9.59 Å². The summed E-state index contributed by atoms with van der Waals surface area (Å²) in [5, 5.41) is 13.0. The van der Waals surface area contributed by atoms with Crippen molar-refractivity contribution in [3.8, 4) is 5.75 Å². The summed E-state index contributed by atoms with van der Waals surface area (Å²) in [5.41, 5.74) is 0.578. The van der Waals surface area contributed by atoms with E-state index >= 15 is 0 Å². The van der Waals surface area contributed by atoms with Crippen LogP contribution in [0.3, 0.4) is 0 Å². The van der Waals surface area contributed by atoms with E-state index in [0.29, 0.717) is 11.4 Å². The number of methoxy groups -OCH3 is 1. The van der Waals surface area contributed by atoms with Gasteiger partial charge in [-0.15, -0.1) is 5.10 Å². The second-order valence-electron chi connectivity index (χ2n) is 4.36. The van der Waals surface area contributed by atoms with E-state index in [1.54, 1.807) is 31.4 Å². The van der Waals surface area contributed by atoms with E-state index in [-0.39, 0.29) is 6.54 Å². The van der Waals surface area contributed by atoms with Gasteiger partial charge in [0.25, 0.3) is 5.91 Å². The Balaban J connectivity index is 1.84. The lowest BCUT2D eigenvalue weighted by Gasteiger charge is -2.13. The number of tetrazole rings is 1. The molecule has 2 rings (SSSR count). The van der Waals surface area contributed by atoms with Crippen molar-refractivity contribution in [2.45, 2.75) is 19.6 Å². The zero-order valence-electron chi connectivity index (χ0n) is 12.1. The predicted molar refractivity (Wildman–Crippen MR) is 75.0 cm³/mol. The number of rotatable bonds is 6. The Labute approximate surface area is 126 Å². The Morgan fingerprint density at radius 2 is 2.05 bits per heavy atom. The standard InChI is InChI=1S/C13H15N5O4/c1-9(22-12(19)7-18-8-14-16-17-18)13(20)15-10-3-5-11(21-2)6-4-10/h3-6,8-9H,7H2,1-2H3,(H,15,20)/t9-/m1/s1. The molecule has 22 heavy (non-hydrogen) atoms. The molecule has 0 aliphatic rings. The molecule has 0 aliphatic heterocycles. The Morgan fingerprint density at radius 1 is 1.32 bits per heavy atom. The van der Waals surface area contributed by atoms with Gasteiger partial charge in [0.15, 0.2) is 6.10 Å². The topological polar surface area (TPSA) is 108 Å². The summed E-state index contributed by atoms with van der Waals surface area (Å²) in [6.45, 7) is 1.32. The third kappa shape index (κ3) is 4.27. The number of nitrogens with zero attached hydrogens (tertiary/aromatic N) is 4. The first-order valence-corrected chi connectivity index (χ1v) is 6.43. The van der Waals surface area contributed by atoms with Gasteiger partial charge in [0.05, 0.1) is 7.11 Å². The molecule has 1 atom stereocenters. The first-order valence-electron chi connectivity index (χ1n) is 6.43. The van der Waals surface area contributed by atoms with E-state index in [0.717, 1.165) is 0 Å². The minimum atomic E-state index is -0.939. The maximum atomic E-state index is 11.9. The number of hydrogen-bond acceptors (Lipinski definition) is 7. The smallest absolute Gasteiger partial charge is 0.328 e. The quantitative estimate of drug-likeness (QED) is 0.762. The normalized spacial score (nSPS) is 11.5. The summed E-state index contributed by atoms with van der Waals surface area (Å²) in [4.78, 5) is 23.6. The largest absolute Gasteiger partial charge is 0.497 e. The van der Waals surface area contributed by atoms with Crippen LogP contribution in [0.5, 0.6) is 5.75 Å². The average Bonchev–Trinajstić information content (AvgIpc) is 3.00. The van der Waals surface area contributed by atoms with Crippen molar-refractivity contribution in [2.24, 2.45) is 0 Å². The van der Waals surface area contributed by atoms with Gasteiger partial charge < -0.3 is 14.8 Å². The lowest BCUT2D eigenvalue weighted by Crippen LogP contribution is -2.31. The van der Waals surface area contributed by atoms with E-state index in [2.05, 4.69) is 20.8 Å². The van der Waals surface area contributed by atoms with Gasteiger partial charge in [-0.05, 0) is 41.6 Å². The summed E-state index contributed by atoms with van der Waals surface area (Å²) in [7, 11) is 1.56. The molecular weight excluding hydrogens is 290 g/mol. The van der Waals surface area contributed by atoms with Crippen molar-refractivity contribution in [2.75, 3.05) is 12.4 Å². The molecule has 0 spiro atoms. The zero-order chi connectivity index (χ0) is 15.9. The van der Waals surface area contributed by atoms with Crippen LogP contribution < -0.4 is 10.1 Å². The minimum absolute atomic E-state index is 0.160. The van der Waals surface area contributed by atoms with Gasteiger partial charge in [0.1, 0.15) is 18.6 Å². The fraction of sp³-hybridized carbons (Fsp3) is 0.308. The van der Waals surface area contributed by atoms with Gasteiger partial charge >= 0.3 is 5.97 Å². The number of anilines is 1. The number of ether oxygens (including phenoxy) is 2. The molecule has 0 bridgehead atoms.